The van der Waals surface area contributed by atoms with Crippen molar-refractivity contribution in [1.82, 2.24) is 0 Å². The molecular weight excluding hydrogens is 256 g/mol. The highest BCUT2D eigenvalue weighted by Crippen LogP contribution is 2.36. The van der Waals surface area contributed by atoms with Crippen molar-refractivity contribution in [1.29, 1.82) is 0 Å². The van der Waals surface area contributed by atoms with Gasteiger partial charge in [-0.1, -0.05) is 38.8 Å². The van der Waals surface area contributed by atoms with Crippen LogP contribution in [-0.4, -0.2) is 0 Å². The maximum absolute atomic E-state index is 2.27. The van der Waals surface area contributed by atoms with Crippen molar-refractivity contribution in [2.45, 2.75) is 39.5 Å². The van der Waals surface area contributed by atoms with Crippen LogP contribution in [-0.2, 0) is 0 Å². The van der Waals surface area contributed by atoms with Crippen molar-refractivity contribution >= 4 is 33.8 Å². The molecule has 0 saturated carbocycles. The molecule has 96 valence electrons. The second kappa shape index (κ2) is 6.91. The van der Waals surface area contributed by atoms with Crippen LogP contribution in [0.5, 0.6) is 0 Å². The Labute approximate surface area is 118 Å². The molecule has 0 nitrogen and oxygen atoms in total. The molecule has 2 rings (SSSR count). The summed E-state index contributed by atoms with van der Waals surface area (Å²) in [6, 6.07) is 8.85. The fourth-order valence-corrected chi connectivity index (χ4v) is 3.90. The van der Waals surface area contributed by atoms with E-state index in [1.807, 2.05) is 22.7 Å². The molecule has 0 aliphatic rings. The van der Waals surface area contributed by atoms with E-state index in [4.69, 9.17) is 0 Å². The highest BCUT2D eigenvalue weighted by atomic mass is 32.1. The minimum Gasteiger partial charge on any atom is -0.144 e. The average molecular weight is 276 g/mol. The first-order chi connectivity index (χ1) is 8.86. The summed E-state index contributed by atoms with van der Waals surface area (Å²) < 4.78 is 0. The van der Waals surface area contributed by atoms with Crippen LogP contribution < -0.4 is 0 Å². The van der Waals surface area contributed by atoms with Gasteiger partial charge in [-0.05, 0) is 46.9 Å². The van der Waals surface area contributed by atoms with E-state index >= 15 is 0 Å². The van der Waals surface area contributed by atoms with Crippen molar-refractivity contribution in [3.8, 4) is 0 Å². The molecule has 18 heavy (non-hydrogen) atoms. The Morgan fingerprint density at radius 2 is 1.28 bits per heavy atom. The number of allylic oxidation sites excluding steroid dienone is 2. The minimum atomic E-state index is 1.19. The lowest BCUT2D eigenvalue weighted by Crippen LogP contribution is -1.89. The second-order valence-corrected chi connectivity index (χ2v) is 6.31. The summed E-state index contributed by atoms with van der Waals surface area (Å²) in [6.45, 7) is 4.54. The van der Waals surface area contributed by atoms with Crippen LogP contribution in [0.3, 0.4) is 0 Å². The van der Waals surface area contributed by atoms with Gasteiger partial charge in [0.05, 0.1) is 0 Å². The molecule has 0 aliphatic carbocycles. The highest BCUT2D eigenvalue weighted by molar-refractivity contribution is 7.12. The van der Waals surface area contributed by atoms with Crippen LogP contribution in [0.15, 0.2) is 35.0 Å². The Bertz CT molecular complexity index is 429. The number of rotatable bonds is 6. The Morgan fingerprint density at radius 1 is 0.833 bits per heavy atom. The summed E-state index contributed by atoms with van der Waals surface area (Å²) in [6.07, 6.45) is 4.80. The standard InChI is InChI=1S/C16H20S2/c1-3-7-13(15-9-5-11-17-15)14(8-4-2)16-10-6-12-18-16/h5-6,9-12H,3-4,7-8H2,1-2H3. The largest absolute Gasteiger partial charge is 0.144 e. The highest BCUT2D eigenvalue weighted by Gasteiger charge is 2.12. The third-order valence-corrected chi connectivity index (χ3v) is 4.86. The fourth-order valence-electron chi connectivity index (χ4n) is 2.25. The van der Waals surface area contributed by atoms with E-state index in [-0.39, 0.29) is 0 Å². The van der Waals surface area contributed by atoms with E-state index in [1.54, 1.807) is 11.1 Å². The molecule has 0 bridgehead atoms. The van der Waals surface area contributed by atoms with Gasteiger partial charge in [-0.15, -0.1) is 22.7 Å². The van der Waals surface area contributed by atoms with Crippen LogP contribution in [0.4, 0.5) is 0 Å². The van der Waals surface area contributed by atoms with Crippen molar-refractivity contribution < 1.29 is 0 Å². The molecular formula is C16H20S2. The number of thiophene rings is 2. The Balaban J connectivity index is 2.47. The summed E-state index contributed by atoms with van der Waals surface area (Å²) in [5.74, 6) is 0. The van der Waals surface area contributed by atoms with Gasteiger partial charge in [0.1, 0.15) is 0 Å². The Kier molecular flexibility index (Phi) is 5.21. The topological polar surface area (TPSA) is 0 Å². The van der Waals surface area contributed by atoms with Crippen molar-refractivity contribution in [2.75, 3.05) is 0 Å². The molecule has 0 unspecified atom stereocenters. The zero-order valence-electron chi connectivity index (χ0n) is 11.1. The fraction of sp³-hybridized carbons (Fsp3) is 0.375. The van der Waals surface area contributed by atoms with Gasteiger partial charge in [-0.2, -0.15) is 0 Å². The van der Waals surface area contributed by atoms with Gasteiger partial charge in [-0.3, -0.25) is 0 Å². The lowest BCUT2D eigenvalue weighted by atomic mass is 9.97. The van der Waals surface area contributed by atoms with E-state index in [0.717, 1.165) is 0 Å². The Morgan fingerprint density at radius 3 is 1.56 bits per heavy atom. The first-order valence-corrected chi connectivity index (χ1v) is 8.42. The molecule has 2 heterocycles. The number of hydrogen-bond donors (Lipinski definition) is 0. The van der Waals surface area contributed by atoms with Crippen LogP contribution in [0.2, 0.25) is 0 Å². The molecule has 2 aromatic heterocycles. The summed E-state index contributed by atoms with van der Waals surface area (Å²) in [5, 5.41) is 4.37. The molecule has 0 radical (unpaired) electrons. The smallest absolute Gasteiger partial charge is 0.0305 e. The van der Waals surface area contributed by atoms with Gasteiger partial charge in [0.2, 0.25) is 0 Å². The summed E-state index contributed by atoms with van der Waals surface area (Å²) in [7, 11) is 0. The van der Waals surface area contributed by atoms with Crippen molar-refractivity contribution in [3.05, 3.63) is 44.8 Å². The van der Waals surface area contributed by atoms with Crippen LogP contribution in [0, 0.1) is 0 Å². The van der Waals surface area contributed by atoms with Crippen molar-refractivity contribution in [2.24, 2.45) is 0 Å². The minimum absolute atomic E-state index is 1.19. The van der Waals surface area contributed by atoms with E-state index in [1.165, 1.54) is 35.4 Å². The van der Waals surface area contributed by atoms with Crippen LogP contribution >= 0.6 is 22.7 Å². The van der Waals surface area contributed by atoms with Gasteiger partial charge in [0, 0.05) is 9.75 Å². The first kappa shape index (κ1) is 13.6. The van der Waals surface area contributed by atoms with E-state index in [0.29, 0.717) is 0 Å². The zero-order chi connectivity index (χ0) is 12.8. The summed E-state index contributed by atoms with van der Waals surface area (Å²) in [5.41, 5.74) is 3.13. The molecule has 2 heteroatoms. The van der Waals surface area contributed by atoms with Crippen LogP contribution in [0.1, 0.15) is 49.3 Å². The van der Waals surface area contributed by atoms with Gasteiger partial charge in [0.25, 0.3) is 0 Å². The summed E-state index contributed by atoms with van der Waals surface area (Å²) >= 11 is 3.74. The molecule has 0 spiro atoms. The van der Waals surface area contributed by atoms with Gasteiger partial charge in [-0.25, -0.2) is 0 Å². The predicted octanol–water partition coefficient (Wildman–Crippen LogP) is 6.32. The summed E-state index contributed by atoms with van der Waals surface area (Å²) in [4.78, 5) is 2.90. The molecule has 0 fully saturated rings. The normalized spacial score (nSPS) is 12.6. The lowest BCUT2D eigenvalue weighted by Gasteiger charge is -2.12. The predicted molar refractivity (Wildman–Crippen MR) is 85.3 cm³/mol. The molecule has 0 atom stereocenters. The van der Waals surface area contributed by atoms with E-state index < -0.39 is 0 Å². The van der Waals surface area contributed by atoms with E-state index in [9.17, 15) is 0 Å². The Hall–Kier alpha value is -0.860. The SMILES string of the molecule is CCCC(=C(CCC)c1cccs1)c1cccs1. The lowest BCUT2D eigenvalue weighted by molar-refractivity contribution is 0.949. The zero-order valence-corrected chi connectivity index (χ0v) is 12.7. The number of hydrogen-bond acceptors (Lipinski definition) is 2. The first-order valence-electron chi connectivity index (χ1n) is 6.66. The quantitative estimate of drug-likeness (QED) is 0.579. The average Bonchev–Trinajstić information content (AvgIpc) is 3.05. The maximum Gasteiger partial charge on any atom is 0.0305 e. The molecule has 0 aliphatic heterocycles. The van der Waals surface area contributed by atoms with Gasteiger partial charge < -0.3 is 0 Å². The third-order valence-electron chi connectivity index (χ3n) is 3.00. The molecule has 0 N–H and O–H groups in total. The van der Waals surface area contributed by atoms with Gasteiger partial charge in [0.15, 0.2) is 0 Å². The molecule has 0 aromatic carbocycles. The molecule has 0 saturated heterocycles. The molecule has 2 aromatic rings. The van der Waals surface area contributed by atoms with Crippen molar-refractivity contribution in [3.63, 3.8) is 0 Å². The maximum atomic E-state index is 2.27. The second-order valence-electron chi connectivity index (χ2n) is 4.41. The van der Waals surface area contributed by atoms with Gasteiger partial charge >= 0.3 is 0 Å². The third kappa shape index (κ3) is 3.12. The van der Waals surface area contributed by atoms with Crippen LogP contribution in [0.25, 0.3) is 11.1 Å². The monoisotopic (exact) mass is 276 g/mol. The van der Waals surface area contributed by atoms with E-state index in [2.05, 4.69) is 48.9 Å². The molecule has 0 amide bonds.